The minimum atomic E-state index is -1.21. The normalized spacial score (nSPS) is 15.2. The fourth-order valence-corrected chi connectivity index (χ4v) is 2.02. The number of carboxylic acid groups (broad SMARTS) is 1. The van der Waals surface area contributed by atoms with Gasteiger partial charge in [0.15, 0.2) is 0 Å². The highest BCUT2D eigenvalue weighted by Crippen LogP contribution is 2.28. The van der Waals surface area contributed by atoms with Gasteiger partial charge in [-0.3, -0.25) is 4.90 Å². The van der Waals surface area contributed by atoms with Crippen LogP contribution in [0, 0.1) is 5.82 Å². The van der Waals surface area contributed by atoms with Crippen molar-refractivity contribution in [1.82, 2.24) is 4.90 Å². The Morgan fingerprint density at radius 2 is 2.24 bits per heavy atom. The van der Waals surface area contributed by atoms with E-state index in [1.165, 1.54) is 6.07 Å². The van der Waals surface area contributed by atoms with Crippen LogP contribution in [0.4, 0.5) is 4.39 Å². The van der Waals surface area contributed by atoms with Gasteiger partial charge in [0.2, 0.25) is 0 Å². The van der Waals surface area contributed by atoms with Gasteiger partial charge >= 0.3 is 5.97 Å². The van der Waals surface area contributed by atoms with Crippen LogP contribution in [-0.2, 0) is 6.54 Å². The summed E-state index contributed by atoms with van der Waals surface area (Å²) in [4.78, 5) is 13.0. The third-order valence-electron chi connectivity index (χ3n) is 3.15. The highest BCUT2D eigenvalue weighted by Gasteiger charge is 2.28. The van der Waals surface area contributed by atoms with Crippen LogP contribution in [0.15, 0.2) is 18.2 Å². The molecule has 0 aliphatic heterocycles. The van der Waals surface area contributed by atoms with Crippen LogP contribution in [0.25, 0.3) is 0 Å². The van der Waals surface area contributed by atoms with Gasteiger partial charge in [-0.05, 0) is 25.5 Å². The third-order valence-corrected chi connectivity index (χ3v) is 3.15. The number of hydrogen-bond acceptors (Lipinski definition) is 2. The lowest BCUT2D eigenvalue weighted by Gasteiger charge is -2.20. The quantitative estimate of drug-likeness (QED) is 0.855. The minimum absolute atomic E-state index is 0.241. The predicted octanol–water partition coefficient (Wildman–Crippen LogP) is 2.51. The van der Waals surface area contributed by atoms with E-state index in [1.807, 2.05) is 6.92 Å². The second-order valence-electron chi connectivity index (χ2n) is 4.38. The molecule has 0 amide bonds. The Balaban J connectivity index is 2.20. The number of carbonyl (C=O) groups is 1. The monoisotopic (exact) mass is 237 g/mol. The van der Waals surface area contributed by atoms with E-state index in [0.717, 1.165) is 19.4 Å². The van der Waals surface area contributed by atoms with Gasteiger partial charge in [-0.15, -0.1) is 0 Å². The molecular weight excluding hydrogens is 221 g/mol. The Hall–Kier alpha value is -1.42. The molecule has 0 unspecified atom stereocenters. The first kappa shape index (κ1) is 12.0. The fourth-order valence-electron chi connectivity index (χ4n) is 2.02. The van der Waals surface area contributed by atoms with Crippen LogP contribution >= 0.6 is 0 Å². The van der Waals surface area contributed by atoms with Crippen molar-refractivity contribution in [3.8, 4) is 0 Å². The highest BCUT2D eigenvalue weighted by molar-refractivity contribution is 5.88. The van der Waals surface area contributed by atoms with Crippen molar-refractivity contribution in [2.24, 2.45) is 0 Å². The van der Waals surface area contributed by atoms with Crippen LogP contribution in [0.2, 0.25) is 0 Å². The molecule has 0 aromatic heterocycles. The van der Waals surface area contributed by atoms with E-state index in [9.17, 15) is 9.18 Å². The van der Waals surface area contributed by atoms with E-state index in [1.54, 1.807) is 12.1 Å². The number of nitrogens with zero attached hydrogens (tertiary/aromatic N) is 1. The van der Waals surface area contributed by atoms with Crippen molar-refractivity contribution >= 4 is 5.97 Å². The molecule has 0 saturated heterocycles. The number of carboxylic acids is 1. The lowest BCUT2D eigenvalue weighted by Crippen LogP contribution is -2.25. The van der Waals surface area contributed by atoms with E-state index in [-0.39, 0.29) is 5.56 Å². The average Bonchev–Trinajstić information content (AvgIpc) is 3.11. The van der Waals surface area contributed by atoms with E-state index in [4.69, 9.17) is 5.11 Å². The van der Waals surface area contributed by atoms with Gasteiger partial charge in [0.05, 0.1) is 5.56 Å². The third kappa shape index (κ3) is 2.64. The fraction of sp³-hybridized carbons (Fsp3) is 0.462. The van der Waals surface area contributed by atoms with Gasteiger partial charge < -0.3 is 5.11 Å². The molecular formula is C13H16FNO2. The summed E-state index contributed by atoms with van der Waals surface area (Å²) < 4.78 is 13.9. The molecule has 0 spiro atoms. The summed E-state index contributed by atoms with van der Waals surface area (Å²) in [5, 5.41) is 8.85. The summed E-state index contributed by atoms with van der Waals surface area (Å²) in [6.45, 7) is 3.40. The molecule has 0 bridgehead atoms. The average molecular weight is 237 g/mol. The van der Waals surface area contributed by atoms with Crippen molar-refractivity contribution in [2.75, 3.05) is 6.54 Å². The van der Waals surface area contributed by atoms with E-state index in [0.29, 0.717) is 18.2 Å². The maximum absolute atomic E-state index is 13.9. The van der Waals surface area contributed by atoms with Crippen molar-refractivity contribution in [3.63, 3.8) is 0 Å². The SMILES string of the molecule is CCN(Cc1cccc(C(=O)O)c1F)C1CC1. The van der Waals surface area contributed by atoms with Crippen molar-refractivity contribution in [2.45, 2.75) is 32.4 Å². The molecule has 1 fully saturated rings. The Bertz CT molecular complexity index is 429. The van der Waals surface area contributed by atoms with Crippen LogP contribution in [-0.4, -0.2) is 28.6 Å². The van der Waals surface area contributed by atoms with Crippen LogP contribution in [0.3, 0.4) is 0 Å². The molecule has 1 aliphatic rings. The van der Waals surface area contributed by atoms with E-state index in [2.05, 4.69) is 4.90 Å². The first-order chi connectivity index (χ1) is 8.13. The van der Waals surface area contributed by atoms with Gasteiger partial charge in [0, 0.05) is 18.2 Å². The first-order valence-electron chi connectivity index (χ1n) is 5.88. The molecule has 3 nitrogen and oxygen atoms in total. The Morgan fingerprint density at radius 3 is 2.76 bits per heavy atom. The largest absolute Gasteiger partial charge is 0.478 e. The molecule has 1 saturated carbocycles. The second kappa shape index (κ2) is 4.84. The molecule has 0 radical (unpaired) electrons. The number of hydrogen-bond donors (Lipinski definition) is 1. The van der Waals surface area contributed by atoms with Gasteiger partial charge in [-0.2, -0.15) is 0 Å². The summed E-state index contributed by atoms with van der Waals surface area (Å²) in [6, 6.07) is 5.11. The van der Waals surface area contributed by atoms with Gasteiger partial charge in [0.1, 0.15) is 5.82 Å². The van der Waals surface area contributed by atoms with Crippen LogP contribution in [0.1, 0.15) is 35.7 Å². The first-order valence-corrected chi connectivity index (χ1v) is 5.88. The summed E-state index contributed by atoms with van der Waals surface area (Å²) in [6.07, 6.45) is 2.32. The highest BCUT2D eigenvalue weighted by atomic mass is 19.1. The van der Waals surface area contributed by atoms with Crippen molar-refractivity contribution < 1.29 is 14.3 Å². The zero-order valence-corrected chi connectivity index (χ0v) is 9.82. The summed E-state index contributed by atoms with van der Waals surface area (Å²) in [5.74, 6) is -1.81. The number of halogens is 1. The number of aromatic carboxylic acids is 1. The van der Waals surface area contributed by atoms with Crippen LogP contribution < -0.4 is 0 Å². The summed E-state index contributed by atoms with van der Waals surface area (Å²) >= 11 is 0. The smallest absolute Gasteiger partial charge is 0.338 e. The molecule has 0 atom stereocenters. The van der Waals surface area contributed by atoms with E-state index < -0.39 is 11.8 Å². The lowest BCUT2D eigenvalue weighted by atomic mass is 10.1. The lowest BCUT2D eigenvalue weighted by molar-refractivity contribution is 0.0691. The van der Waals surface area contributed by atoms with Gasteiger partial charge in [0.25, 0.3) is 0 Å². The maximum Gasteiger partial charge on any atom is 0.338 e. The molecule has 17 heavy (non-hydrogen) atoms. The standard InChI is InChI=1S/C13H16FNO2/c1-2-15(10-6-7-10)8-9-4-3-5-11(12(9)14)13(16)17/h3-5,10H,2,6-8H2,1H3,(H,16,17). The molecule has 1 N–H and O–H groups in total. The summed E-state index contributed by atoms with van der Waals surface area (Å²) in [7, 11) is 0. The van der Waals surface area contributed by atoms with Crippen molar-refractivity contribution in [3.05, 3.63) is 35.1 Å². The number of rotatable bonds is 5. The van der Waals surface area contributed by atoms with Crippen molar-refractivity contribution in [1.29, 1.82) is 0 Å². The molecule has 4 heteroatoms. The molecule has 2 rings (SSSR count). The van der Waals surface area contributed by atoms with Gasteiger partial charge in [-0.1, -0.05) is 19.1 Å². The molecule has 1 aromatic carbocycles. The zero-order valence-electron chi connectivity index (χ0n) is 9.82. The zero-order chi connectivity index (χ0) is 12.4. The van der Waals surface area contributed by atoms with Gasteiger partial charge in [-0.25, -0.2) is 9.18 Å². The predicted molar refractivity (Wildman–Crippen MR) is 62.5 cm³/mol. The molecule has 0 heterocycles. The molecule has 1 aromatic rings. The molecule has 92 valence electrons. The maximum atomic E-state index is 13.9. The Morgan fingerprint density at radius 1 is 1.53 bits per heavy atom. The Kier molecular flexibility index (Phi) is 3.43. The minimum Gasteiger partial charge on any atom is -0.478 e. The molecule has 1 aliphatic carbocycles. The Labute approximate surface area is 99.9 Å². The number of benzene rings is 1. The second-order valence-corrected chi connectivity index (χ2v) is 4.38. The topological polar surface area (TPSA) is 40.5 Å². The summed E-state index contributed by atoms with van der Waals surface area (Å²) in [5.41, 5.74) is 0.230. The van der Waals surface area contributed by atoms with Crippen LogP contribution in [0.5, 0.6) is 0 Å². The van der Waals surface area contributed by atoms with E-state index >= 15 is 0 Å².